The predicted octanol–water partition coefficient (Wildman–Crippen LogP) is 5.61. The zero-order valence-electron chi connectivity index (χ0n) is 11.2. The van der Waals surface area contributed by atoms with Gasteiger partial charge in [0.05, 0.1) is 0 Å². The van der Waals surface area contributed by atoms with Gasteiger partial charge in [-0.1, -0.05) is 53.3 Å². The fourth-order valence-electron chi connectivity index (χ4n) is 1.94. The van der Waals surface area contributed by atoms with Crippen LogP contribution in [0.15, 0.2) is 82.2 Å². The third kappa shape index (κ3) is 4.07. The van der Waals surface area contributed by atoms with E-state index in [0.29, 0.717) is 0 Å². The van der Waals surface area contributed by atoms with E-state index in [1.54, 1.807) is 11.8 Å². The van der Waals surface area contributed by atoms with Crippen molar-refractivity contribution < 1.29 is 0 Å². The summed E-state index contributed by atoms with van der Waals surface area (Å²) in [5, 5.41) is 3.20. The van der Waals surface area contributed by atoms with Crippen molar-refractivity contribution in [2.75, 3.05) is 0 Å². The van der Waals surface area contributed by atoms with Crippen molar-refractivity contribution in [2.24, 2.45) is 5.18 Å². The molecule has 2 rings (SSSR count). The van der Waals surface area contributed by atoms with E-state index in [1.165, 1.54) is 4.90 Å². The summed E-state index contributed by atoms with van der Waals surface area (Å²) in [6, 6.07) is 18.0. The maximum atomic E-state index is 10.9. The highest BCUT2D eigenvalue weighted by Crippen LogP contribution is 2.30. The van der Waals surface area contributed by atoms with Gasteiger partial charge in [-0.15, -0.1) is 6.58 Å². The van der Waals surface area contributed by atoms with Crippen molar-refractivity contribution in [3.63, 3.8) is 0 Å². The SMILES string of the molecule is C=CCCC(N=O)c1ccc(Sc2ccccc2)cc1. The molecule has 1 atom stereocenters. The van der Waals surface area contributed by atoms with Gasteiger partial charge in [0.2, 0.25) is 0 Å². The molecule has 0 aliphatic rings. The van der Waals surface area contributed by atoms with Crippen molar-refractivity contribution >= 4 is 11.8 Å². The number of nitroso groups, excluding NO2 is 1. The lowest BCUT2D eigenvalue weighted by atomic mass is 10.0. The quantitative estimate of drug-likeness (QED) is 0.488. The van der Waals surface area contributed by atoms with E-state index in [0.717, 1.165) is 23.3 Å². The largest absolute Gasteiger partial charge is 0.150 e. The van der Waals surface area contributed by atoms with E-state index >= 15 is 0 Å². The van der Waals surface area contributed by atoms with Gasteiger partial charge < -0.3 is 0 Å². The molecule has 3 heteroatoms. The van der Waals surface area contributed by atoms with Gasteiger partial charge in [0.15, 0.2) is 0 Å². The topological polar surface area (TPSA) is 29.4 Å². The molecule has 102 valence electrons. The van der Waals surface area contributed by atoms with E-state index in [1.807, 2.05) is 48.5 Å². The van der Waals surface area contributed by atoms with Crippen molar-refractivity contribution in [1.29, 1.82) is 0 Å². The first kappa shape index (κ1) is 14.5. The molecule has 2 aromatic rings. The second kappa shape index (κ2) is 7.65. The standard InChI is InChI=1S/C17H17NOS/c1-2-3-9-17(18-19)14-10-12-16(13-11-14)20-15-7-5-4-6-8-15/h2,4-8,10-13,17H,1,3,9H2. The molecule has 0 bridgehead atoms. The molecule has 1 unspecified atom stereocenters. The lowest BCUT2D eigenvalue weighted by Crippen LogP contribution is -1.94. The molecule has 0 saturated carbocycles. The molecule has 0 fully saturated rings. The van der Waals surface area contributed by atoms with Gasteiger partial charge in [0.1, 0.15) is 6.04 Å². The molecular weight excluding hydrogens is 266 g/mol. The summed E-state index contributed by atoms with van der Waals surface area (Å²) >= 11 is 1.71. The maximum Gasteiger partial charge on any atom is 0.117 e. The summed E-state index contributed by atoms with van der Waals surface area (Å²) in [6.45, 7) is 3.67. The third-order valence-corrected chi connectivity index (χ3v) is 4.03. The molecular formula is C17H17NOS. The van der Waals surface area contributed by atoms with Gasteiger partial charge in [0, 0.05) is 9.79 Å². The lowest BCUT2D eigenvalue weighted by Gasteiger charge is -2.09. The number of nitrogens with zero attached hydrogens (tertiary/aromatic N) is 1. The van der Waals surface area contributed by atoms with E-state index in [4.69, 9.17) is 0 Å². The molecule has 0 aliphatic carbocycles. The maximum absolute atomic E-state index is 10.9. The third-order valence-electron chi connectivity index (χ3n) is 3.02. The molecule has 0 saturated heterocycles. The van der Waals surface area contributed by atoms with Gasteiger partial charge in [-0.05, 0) is 42.7 Å². The zero-order valence-corrected chi connectivity index (χ0v) is 12.1. The number of hydrogen-bond donors (Lipinski definition) is 0. The van der Waals surface area contributed by atoms with E-state index in [9.17, 15) is 4.91 Å². The first-order chi connectivity index (χ1) is 9.83. The summed E-state index contributed by atoms with van der Waals surface area (Å²) < 4.78 is 0. The van der Waals surface area contributed by atoms with Crippen LogP contribution in [0.25, 0.3) is 0 Å². The second-order valence-corrected chi connectivity index (χ2v) is 5.62. The predicted molar refractivity (Wildman–Crippen MR) is 85.0 cm³/mol. The van der Waals surface area contributed by atoms with E-state index in [-0.39, 0.29) is 6.04 Å². The van der Waals surface area contributed by atoms with Crippen molar-refractivity contribution in [1.82, 2.24) is 0 Å². The van der Waals surface area contributed by atoms with Crippen LogP contribution in [0.5, 0.6) is 0 Å². The average Bonchev–Trinajstić information content (AvgIpc) is 2.50. The smallest absolute Gasteiger partial charge is 0.117 e. The molecule has 0 aromatic heterocycles. The van der Waals surface area contributed by atoms with Crippen LogP contribution in [0.1, 0.15) is 24.4 Å². The van der Waals surface area contributed by atoms with Gasteiger partial charge in [-0.2, -0.15) is 4.91 Å². The molecule has 0 spiro atoms. The highest BCUT2D eigenvalue weighted by molar-refractivity contribution is 7.99. The molecule has 2 nitrogen and oxygen atoms in total. The molecule has 0 N–H and O–H groups in total. The van der Waals surface area contributed by atoms with Crippen molar-refractivity contribution in [3.8, 4) is 0 Å². The number of allylic oxidation sites excluding steroid dienone is 1. The lowest BCUT2D eigenvalue weighted by molar-refractivity contribution is 0.658. The van der Waals surface area contributed by atoms with Crippen LogP contribution in [-0.2, 0) is 0 Å². The Hall–Kier alpha value is -1.87. The summed E-state index contributed by atoms with van der Waals surface area (Å²) in [4.78, 5) is 13.3. The van der Waals surface area contributed by atoms with Crippen molar-refractivity contribution in [2.45, 2.75) is 28.7 Å². The number of hydrogen-bond acceptors (Lipinski definition) is 3. The van der Waals surface area contributed by atoms with Crippen LogP contribution in [0.4, 0.5) is 0 Å². The van der Waals surface area contributed by atoms with E-state index in [2.05, 4.69) is 23.9 Å². The van der Waals surface area contributed by atoms with Crippen LogP contribution in [-0.4, -0.2) is 0 Å². The highest BCUT2D eigenvalue weighted by Gasteiger charge is 2.10. The van der Waals surface area contributed by atoms with Gasteiger partial charge >= 0.3 is 0 Å². The summed E-state index contributed by atoms with van der Waals surface area (Å²) in [6.07, 6.45) is 3.34. The fourth-order valence-corrected chi connectivity index (χ4v) is 2.78. The Labute approximate surface area is 123 Å². The number of rotatable bonds is 7. The van der Waals surface area contributed by atoms with Crippen LogP contribution in [0.3, 0.4) is 0 Å². The van der Waals surface area contributed by atoms with Crippen LogP contribution < -0.4 is 0 Å². The first-order valence-corrected chi connectivity index (χ1v) is 7.41. The average molecular weight is 283 g/mol. The highest BCUT2D eigenvalue weighted by atomic mass is 32.2. The normalized spacial score (nSPS) is 11.8. The summed E-state index contributed by atoms with van der Waals surface area (Å²) in [7, 11) is 0. The fraction of sp³-hybridized carbons (Fsp3) is 0.176. The molecule has 0 aliphatic heterocycles. The minimum Gasteiger partial charge on any atom is -0.150 e. The zero-order chi connectivity index (χ0) is 14.2. The van der Waals surface area contributed by atoms with Crippen LogP contribution >= 0.6 is 11.8 Å². The Bertz CT molecular complexity index is 551. The van der Waals surface area contributed by atoms with E-state index < -0.39 is 0 Å². The Balaban J connectivity index is 2.05. The minimum atomic E-state index is -0.274. The van der Waals surface area contributed by atoms with Crippen molar-refractivity contribution in [3.05, 3.63) is 77.7 Å². The van der Waals surface area contributed by atoms with Gasteiger partial charge in [-0.3, -0.25) is 0 Å². The molecule has 0 heterocycles. The monoisotopic (exact) mass is 283 g/mol. The summed E-state index contributed by atoms with van der Waals surface area (Å²) in [5.41, 5.74) is 0.972. The van der Waals surface area contributed by atoms with Crippen LogP contribution in [0.2, 0.25) is 0 Å². The Morgan fingerprint density at radius 2 is 1.70 bits per heavy atom. The second-order valence-electron chi connectivity index (χ2n) is 4.47. The van der Waals surface area contributed by atoms with Gasteiger partial charge in [-0.25, -0.2) is 0 Å². The Kier molecular flexibility index (Phi) is 5.56. The molecule has 2 aromatic carbocycles. The summed E-state index contributed by atoms with van der Waals surface area (Å²) in [5.74, 6) is 0. The molecule has 0 amide bonds. The minimum absolute atomic E-state index is 0.274. The van der Waals surface area contributed by atoms with Crippen LogP contribution in [0, 0.1) is 4.91 Å². The number of benzene rings is 2. The first-order valence-electron chi connectivity index (χ1n) is 6.59. The Morgan fingerprint density at radius 1 is 1.05 bits per heavy atom. The molecule has 0 radical (unpaired) electrons. The van der Waals surface area contributed by atoms with Gasteiger partial charge in [0.25, 0.3) is 0 Å². The molecule has 20 heavy (non-hydrogen) atoms. The Morgan fingerprint density at radius 3 is 2.30 bits per heavy atom.